The highest BCUT2D eigenvalue weighted by Crippen LogP contribution is 2.39. The second-order valence-corrected chi connectivity index (χ2v) is 12.9. The van der Waals surface area contributed by atoms with Gasteiger partial charge in [-0.25, -0.2) is 14.2 Å². The third kappa shape index (κ3) is 7.08. The molecule has 2 aromatic carbocycles. The summed E-state index contributed by atoms with van der Waals surface area (Å²) in [5, 5.41) is 15.5. The standard InChI is InChI=1S/C36H43FN4O5/c1-8-19-45-36(7)15-17-40(18-16-36)33-31(32(34(43)44-9-2)46-35(4,5)6)23(3)38-30-22-28(39-41(30)33)25-12-10-11-24(20-25)27-14-13-26(37)21-29(27)42/h8,10-14,20-22,32,42H,1,9,15-19H2,2-7H3. The Bertz CT molecular complexity index is 1740. The third-order valence-electron chi connectivity index (χ3n) is 8.14. The molecule has 244 valence electrons. The van der Waals surface area contributed by atoms with Crippen LogP contribution in [-0.2, 0) is 19.0 Å². The van der Waals surface area contributed by atoms with Gasteiger partial charge in [-0.3, -0.25) is 0 Å². The fraction of sp³-hybridized carbons (Fsp3) is 0.417. The van der Waals surface area contributed by atoms with Crippen LogP contribution in [0, 0.1) is 12.7 Å². The number of anilines is 1. The van der Waals surface area contributed by atoms with Gasteiger partial charge in [0.25, 0.3) is 0 Å². The Kier molecular flexibility index (Phi) is 9.51. The van der Waals surface area contributed by atoms with Crippen molar-refractivity contribution >= 4 is 17.4 Å². The van der Waals surface area contributed by atoms with E-state index in [2.05, 4.69) is 18.4 Å². The van der Waals surface area contributed by atoms with Crippen molar-refractivity contribution in [2.75, 3.05) is 31.2 Å². The number of aromatic nitrogens is 3. The van der Waals surface area contributed by atoms with Gasteiger partial charge >= 0.3 is 5.97 Å². The van der Waals surface area contributed by atoms with Gasteiger partial charge in [-0.1, -0.05) is 24.3 Å². The number of aryl methyl sites for hydroxylation is 1. The van der Waals surface area contributed by atoms with E-state index in [1.807, 2.05) is 58.0 Å². The summed E-state index contributed by atoms with van der Waals surface area (Å²) in [7, 11) is 0. The van der Waals surface area contributed by atoms with Crippen LogP contribution in [-0.4, -0.2) is 63.2 Å². The van der Waals surface area contributed by atoms with E-state index in [0.29, 0.717) is 59.2 Å². The molecule has 0 saturated carbocycles. The van der Waals surface area contributed by atoms with Gasteiger partial charge in [0.2, 0.25) is 0 Å². The Balaban J connectivity index is 1.66. The summed E-state index contributed by atoms with van der Waals surface area (Å²) in [6.45, 7) is 17.3. The Morgan fingerprint density at radius 3 is 2.52 bits per heavy atom. The fourth-order valence-electron chi connectivity index (χ4n) is 5.85. The molecule has 9 nitrogen and oxygen atoms in total. The number of halogens is 1. The monoisotopic (exact) mass is 630 g/mol. The minimum Gasteiger partial charge on any atom is -0.507 e. The number of aromatic hydroxyl groups is 1. The molecule has 0 aliphatic carbocycles. The van der Waals surface area contributed by atoms with Gasteiger partial charge in [0.05, 0.1) is 35.7 Å². The number of ether oxygens (including phenoxy) is 3. The maximum Gasteiger partial charge on any atom is 0.340 e. The van der Waals surface area contributed by atoms with Crippen molar-refractivity contribution in [2.45, 2.75) is 71.7 Å². The van der Waals surface area contributed by atoms with Crippen LogP contribution in [0.4, 0.5) is 10.2 Å². The molecular weight excluding hydrogens is 587 g/mol. The fourth-order valence-corrected chi connectivity index (χ4v) is 5.85. The lowest BCUT2D eigenvalue weighted by molar-refractivity contribution is -0.166. The van der Waals surface area contributed by atoms with E-state index < -0.39 is 23.5 Å². The maximum absolute atomic E-state index is 13.7. The van der Waals surface area contributed by atoms with E-state index in [4.69, 9.17) is 24.3 Å². The molecule has 1 saturated heterocycles. The van der Waals surface area contributed by atoms with Crippen molar-refractivity contribution in [2.24, 2.45) is 0 Å². The first kappa shape index (κ1) is 33.1. The van der Waals surface area contributed by atoms with Gasteiger partial charge in [-0.05, 0) is 78.1 Å². The van der Waals surface area contributed by atoms with Gasteiger partial charge in [0.15, 0.2) is 11.8 Å². The van der Waals surface area contributed by atoms with Crippen molar-refractivity contribution in [3.63, 3.8) is 0 Å². The highest BCUT2D eigenvalue weighted by molar-refractivity contribution is 5.81. The molecule has 1 fully saturated rings. The molecule has 5 rings (SSSR count). The summed E-state index contributed by atoms with van der Waals surface area (Å²) in [4.78, 5) is 20.7. The number of fused-ring (bicyclic) bond motifs is 1. The lowest BCUT2D eigenvalue weighted by atomic mass is 9.92. The smallest absolute Gasteiger partial charge is 0.340 e. The summed E-state index contributed by atoms with van der Waals surface area (Å²) in [6, 6.07) is 13.4. The van der Waals surface area contributed by atoms with E-state index in [9.17, 15) is 14.3 Å². The molecular formula is C36H43FN4O5. The molecule has 1 aliphatic rings. The predicted molar refractivity (Wildman–Crippen MR) is 176 cm³/mol. The van der Waals surface area contributed by atoms with Crippen LogP contribution in [0.5, 0.6) is 5.75 Å². The Morgan fingerprint density at radius 2 is 1.87 bits per heavy atom. The Morgan fingerprint density at radius 1 is 1.15 bits per heavy atom. The first-order valence-electron chi connectivity index (χ1n) is 15.7. The summed E-state index contributed by atoms with van der Waals surface area (Å²) in [6.07, 6.45) is 2.24. The number of hydrogen-bond acceptors (Lipinski definition) is 8. The van der Waals surface area contributed by atoms with E-state index >= 15 is 0 Å². The van der Waals surface area contributed by atoms with Gasteiger partial charge in [-0.2, -0.15) is 9.61 Å². The summed E-state index contributed by atoms with van der Waals surface area (Å²) in [5.74, 6) is -0.425. The number of phenols is 1. The van der Waals surface area contributed by atoms with E-state index in [1.54, 1.807) is 23.6 Å². The highest BCUT2D eigenvalue weighted by Gasteiger charge is 2.38. The summed E-state index contributed by atoms with van der Waals surface area (Å²) in [5.41, 5.74) is 3.54. The van der Waals surface area contributed by atoms with E-state index in [-0.39, 0.29) is 18.0 Å². The van der Waals surface area contributed by atoms with Crippen LogP contribution < -0.4 is 4.90 Å². The lowest BCUT2D eigenvalue weighted by Gasteiger charge is -2.41. The second kappa shape index (κ2) is 13.2. The molecule has 1 N–H and O–H groups in total. The molecule has 1 aliphatic heterocycles. The minimum atomic E-state index is -1.03. The van der Waals surface area contributed by atoms with Crippen molar-refractivity contribution in [1.82, 2.24) is 14.6 Å². The number of benzene rings is 2. The summed E-state index contributed by atoms with van der Waals surface area (Å²) < 4.78 is 33.5. The van der Waals surface area contributed by atoms with Crippen molar-refractivity contribution in [3.05, 3.63) is 78.3 Å². The number of piperidine rings is 1. The molecule has 46 heavy (non-hydrogen) atoms. The molecule has 1 unspecified atom stereocenters. The number of rotatable bonds is 10. The lowest BCUT2D eigenvalue weighted by Crippen LogP contribution is -2.45. The van der Waals surface area contributed by atoms with Gasteiger partial charge in [0, 0.05) is 42.0 Å². The average Bonchev–Trinajstić information content (AvgIpc) is 3.42. The Labute approximate surface area is 269 Å². The SMILES string of the molecule is C=CCOC1(C)CCN(c2c(C(OC(C)(C)C)C(=O)OCC)c(C)nc3cc(-c4cccc(-c5ccc(F)cc5O)c4)nn23)CC1. The first-order valence-corrected chi connectivity index (χ1v) is 15.7. The van der Waals surface area contributed by atoms with E-state index in [0.717, 1.165) is 24.5 Å². The van der Waals surface area contributed by atoms with Gasteiger partial charge < -0.3 is 24.2 Å². The Hall–Kier alpha value is -4.28. The number of carbonyl (C=O) groups is 1. The molecule has 4 aromatic rings. The minimum absolute atomic E-state index is 0.144. The second-order valence-electron chi connectivity index (χ2n) is 12.9. The third-order valence-corrected chi connectivity index (χ3v) is 8.14. The first-order chi connectivity index (χ1) is 21.8. The highest BCUT2D eigenvalue weighted by atomic mass is 19.1. The normalized spacial score (nSPS) is 15.6. The van der Waals surface area contributed by atoms with Crippen LogP contribution in [0.15, 0.2) is 61.2 Å². The molecule has 2 aromatic heterocycles. The topological polar surface area (TPSA) is 98.4 Å². The van der Waals surface area contributed by atoms with Crippen molar-refractivity contribution < 1.29 is 28.5 Å². The molecule has 0 bridgehead atoms. The zero-order chi connectivity index (χ0) is 33.2. The quantitative estimate of drug-likeness (QED) is 0.145. The molecule has 0 radical (unpaired) electrons. The van der Waals surface area contributed by atoms with Crippen LogP contribution in [0.2, 0.25) is 0 Å². The molecule has 0 spiro atoms. The van der Waals surface area contributed by atoms with Crippen LogP contribution in [0.1, 0.15) is 64.8 Å². The average molecular weight is 631 g/mol. The van der Waals surface area contributed by atoms with Crippen molar-refractivity contribution in [3.8, 4) is 28.1 Å². The molecule has 3 heterocycles. The number of phenolic OH excluding ortho intramolecular Hbond substituents is 1. The van der Waals surface area contributed by atoms with Gasteiger partial charge in [-0.15, -0.1) is 6.58 Å². The predicted octanol–water partition coefficient (Wildman–Crippen LogP) is 7.20. The zero-order valence-electron chi connectivity index (χ0n) is 27.5. The number of esters is 1. The van der Waals surface area contributed by atoms with Crippen LogP contribution in [0.3, 0.4) is 0 Å². The molecule has 1 atom stereocenters. The zero-order valence-corrected chi connectivity index (χ0v) is 27.5. The number of carbonyl (C=O) groups excluding carboxylic acids is 1. The molecule has 10 heteroatoms. The van der Waals surface area contributed by atoms with Crippen LogP contribution >= 0.6 is 0 Å². The summed E-state index contributed by atoms with van der Waals surface area (Å²) >= 11 is 0. The van der Waals surface area contributed by atoms with Gasteiger partial charge in [0.1, 0.15) is 17.4 Å². The number of nitrogens with zero attached hydrogens (tertiary/aromatic N) is 4. The maximum atomic E-state index is 13.7. The van der Waals surface area contributed by atoms with Crippen molar-refractivity contribution in [1.29, 1.82) is 0 Å². The van der Waals surface area contributed by atoms with Crippen LogP contribution in [0.25, 0.3) is 28.0 Å². The van der Waals surface area contributed by atoms with E-state index in [1.165, 1.54) is 6.07 Å². The number of hydrogen-bond donors (Lipinski definition) is 1. The molecule has 0 amide bonds. The largest absolute Gasteiger partial charge is 0.507 e.